The first-order valence-corrected chi connectivity index (χ1v) is 6.32. The summed E-state index contributed by atoms with van der Waals surface area (Å²) < 4.78 is 0. The van der Waals surface area contributed by atoms with Crippen LogP contribution in [0.2, 0.25) is 0 Å². The van der Waals surface area contributed by atoms with Crippen LogP contribution in [0, 0.1) is 20.8 Å². The van der Waals surface area contributed by atoms with E-state index in [0.29, 0.717) is 0 Å². The van der Waals surface area contributed by atoms with Gasteiger partial charge in [-0.3, -0.25) is 0 Å². The molecule has 3 aromatic rings. The van der Waals surface area contributed by atoms with Crippen molar-refractivity contribution in [2.24, 2.45) is 0 Å². The van der Waals surface area contributed by atoms with Crippen molar-refractivity contribution in [3.63, 3.8) is 0 Å². The van der Waals surface area contributed by atoms with Gasteiger partial charge in [0.05, 0.1) is 0 Å². The number of benzene rings is 2. The summed E-state index contributed by atoms with van der Waals surface area (Å²) >= 11 is 0. The van der Waals surface area contributed by atoms with Crippen molar-refractivity contribution in [2.45, 2.75) is 20.8 Å². The van der Waals surface area contributed by atoms with Crippen LogP contribution in [0.5, 0.6) is 0 Å². The van der Waals surface area contributed by atoms with E-state index in [1.165, 1.54) is 38.9 Å². The van der Waals surface area contributed by atoms with E-state index in [4.69, 9.17) is 0 Å². The Labute approximate surface area is 107 Å². The summed E-state index contributed by atoms with van der Waals surface area (Å²) in [4.78, 5) is 3.49. The molecule has 1 N–H and O–H groups in total. The summed E-state index contributed by atoms with van der Waals surface area (Å²) in [6.07, 6.45) is 0. The number of aryl methyl sites for hydroxylation is 3. The fraction of sp³-hybridized carbons (Fsp3) is 0.176. The van der Waals surface area contributed by atoms with Crippen LogP contribution < -0.4 is 0 Å². The van der Waals surface area contributed by atoms with Crippen molar-refractivity contribution in [1.82, 2.24) is 4.98 Å². The molecule has 0 radical (unpaired) electrons. The van der Waals surface area contributed by atoms with Gasteiger partial charge in [-0.05, 0) is 43.5 Å². The zero-order chi connectivity index (χ0) is 12.7. The molecule has 1 heterocycles. The van der Waals surface area contributed by atoms with E-state index in [-0.39, 0.29) is 0 Å². The maximum Gasteiger partial charge on any atom is 0.0465 e. The van der Waals surface area contributed by atoms with Crippen molar-refractivity contribution in [3.05, 3.63) is 59.3 Å². The van der Waals surface area contributed by atoms with E-state index in [2.05, 4.69) is 68.2 Å². The largest absolute Gasteiger partial charge is 0.358 e. The average molecular weight is 235 g/mol. The van der Waals surface area contributed by atoms with Gasteiger partial charge in [-0.25, -0.2) is 0 Å². The van der Waals surface area contributed by atoms with Gasteiger partial charge in [0.1, 0.15) is 0 Å². The number of rotatable bonds is 1. The summed E-state index contributed by atoms with van der Waals surface area (Å²) in [5.41, 5.74) is 7.80. The SMILES string of the molecule is Cc1ccccc1-c1c(C)[nH]c2cccc(C)c12. The normalized spacial score (nSPS) is 11.1. The van der Waals surface area contributed by atoms with Gasteiger partial charge < -0.3 is 4.98 Å². The maximum atomic E-state index is 3.49. The summed E-state index contributed by atoms with van der Waals surface area (Å²) in [7, 11) is 0. The lowest BCUT2D eigenvalue weighted by atomic mass is 9.96. The van der Waals surface area contributed by atoms with Crippen LogP contribution in [0.4, 0.5) is 0 Å². The fourth-order valence-electron chi connectivity index (χ4n) is 2.75. The highest BCUT2D eigenvalue weighted by Gasteiger charge is 2.13. The number of aromatic nitrogens is 1. The number of H-pyrrole nitrogens is 1. The molecule has 1 nitrogen and oxygen atoms in total. The molecule has 0 unspecified atom stereocenters. The van der Waals surface area contributed by atoms with Crippen molar-refractivity contribution in [1.29, 1.82) is 0 Å². The van der Waals surface area contributed by atoms with Crippen molar-refractivity contribution >= 4 is 10.9 Å². The molecular weight excluding hydrogens is 218 g/mol. The Morgan fingerprint density at radius 2 is 1.50 bits per heavy atom. The van der Waals surface area contributed by atoms with Gasteiger partial charge in [0.2, 0.25) is 0 Å². The van der Waals surface area contributed by atoms with Crippen LogP contribution in [-0.4, -0.2) is 4.98 Å². The molecule has 1 heteroatoms. The minimum absolute atomic E-state index is 1.23. The third-order valence-corrected chi connectivity index (χ3v) is 3.63. The number of nitrogens with one attached hydrogen (secondary N) is 1. The molecule has 3 rings (SSSR count). The molecule has 2 aromatic carbocycles. The third-order valence-electron chi connectivity index (χ3n) is 3.63. The van der Waals surface area contributed by atoms with Crippen molar-refractivity contribution < 1.29 is 0 Å². The minimum atomic E-state index is 1.23. The van der Waals surface area contributed by atoms with Gasteiger partial charge in [0.25, 0.3) is 0 Å². The molecule has 0 aliphatic carbocycles. The zero-order valence-corrected chi connectivity index (χ0v) is 11.0. The van der Waals surface area contributed by atoms with E-state index < -0.39 is 0 Å². The van der Waals surface area contributed by atoms with Crippen LogP contribution in [0.15, 0.2) is 42.5 Å². The molecule has 0 amide bonds. The highest BCUT2D eigenvalue weighted by Crippen LogP contribution is 2.35. The smallest absolute Gasteiger partial charge is 0.0465 e. The molecule has 18 heavy (non-hydrogen) atoms. The van der Waals surface area contributed by atoms with E-state index in [1.54, 1.807) is 0 Å². The van der Waals surface area contributed by atoms with Crippen LogP contribution in [0.3, 0.4) is 0 Å². The Morgan fingerprint density at radius 1 is 0.778 bits per heavy atom. The summed E-state index contributed by atoms with van der Waals surface area (Å²) in [5, 5.41) is 1.35. The third kappa shape index (κ3) is 1.55. The predicted octanol–water partition coefficient (Wildman–Crippen LogP) is 4.76. The molecule has 0 aliphatic rings. The van der Waals surface area contributed by atoms with Crippen LogP contribution >= 0.6 is 0 Å². The Bertz CT molecular complexity index is 720. The van der Waals surface area contributed by atoms with Crippen molar-refractivity contribution in [3.8, 4) is 11.1 Å². The molecule has 0 saturated heterocycles. The molecular formula is C17H17N. The summed E-state index contributed by atoms with van der Waals surface area (Å²) in [6, 6.07) is 15.0. The monoisotopic (exact) mass is 235 g/mol. The lowest BCUT2D eigenvalue weighted by Gasteiger charge is -2.07. The maximum absolute atomic E-state index is 3.49. The van der Waals surface area contributed by atoms with Crippen LogP contribution in [0.1, 0.15) is 16.8 Å². The Morgan fingerprint density at radius 3 is 2.28 bits per heavy atom. The quantitative estimate of drug-likeness (QED) is 0.626. The standard InChI is InChI=1S/C17H17N/c1-11-7-4-5-9-14(11)17-13(3)18-15-10-6-8-12(2)16(15)17/h4-10,18H,1-3H3. The molecule has 1 aromatic heterocycles. The van der Waals surface area contributed by atoms with Gasteiger partial charge in [-0.2, -0.15) is 0 Å². The lowest BCUT2D eigenvalue weighted by Crippen LogP contribution is -1.85. The molecule has 0 aliphatic heterocycles. The highest BCUT2D eigenvalue weighted by molar-refractivity contribution is 6.00. The number of fused-ring (bicyclic) bond motifs is 1. The second-order valence-electron chi connectivity index (χ2n) is 4.94. The van der Waals surface area contributed by atoms with Gasteiger partial charge in [-0.1, -0.05) is 36.4 Å². The Hall–Kier alpha value is -2.02. The number of aromatic amines is 1. The topological polar surface area (TPSA) is 15.8 Å². The van der Waals surface area contributed by atoms with Gasteiger partial charge in [0, 0.05) is 22.2 Å². The lowest BCUT2D eigenvalue weighted by molar-refractivity contribution is 1.29. The first kappa shape index (κ1) is 11.1. The number of hydrogen-bond acceptors (Lipinski definition) is 0. The second kappa shape index (κ2) is 4.02. The first-order chi connectivity index (χ1) is 8.68. The van der Waals surface area contributed by atoms with Crippen molar-refractivity contribution in [2.75, 3.05) is 0 Å². The van der Waals surface area contributed by atoms with E-state index in [0.717, 1.165) is 0 Å². The Kier molecular flexibility index (Phi) is 2.48. The number of hydrogen-bond donors (Lipinski definition) is 1. The fourth-order valence-corrected chi connectivity index (χ4v) is 2.75. The molecule has 0 spiro atoms. The zero-order valence-electron chi connectivity index (χ0n) is 11.0. The molecule has 0 atom stereocenters. The first-order valence-electron chi connectivity index (χ1n) is 6.32. The van der Waals surface area contributed by atoms with E-state index >= 15 is 0 Å². The minimum Gasteiger partial charge on any atom is -0.358 e. The van der Waals surface area contributed by atoms with Crippen LogP contribution in [-0.2, 0) is 0 Å². The second-order valence-corrected chi connectivity index (χ2v) is 4.94. The summed E-state index contributed by atoms with van der Waals surface area (Å²) in [6.45, 7) is 6.50. The van der Waals surface area contributed by atoms with Gasteiger partial charge in [-0.15, -0.1) is 0 Å². The molecule has 0 saturated carbocycles. The van der Waals surface area contributed by atoms with Gasteiger partial charge >= 0.3 is 0 Å². The van der Waals surface area contributed by atoms with Crippen LogP contribution in [0.25, 0.3) is 22.0 Å². The molecule has 0 bridgehead atoms. The average Bonchev–Trinajstić information content (AvgIpc) is 2.68. The van der Waals surface area contributed by atoms with E-state index in [1.807, 2.05) is 0 Å². The molecule has 90 valence electrons. The van der Waals surface area contributed by atoms with Gasteiger partial charge in [0.15, 0.2) is 0 Å². The predicted molar refractivity (Wildman–Crippen MR) is 77.9 cm³/mol. The summed E-state index contributed by atoms with van der Waals surface area (Å²) in [5.74, 6) is 0. The highest BCUT2D eigenvalue weighted by atomic mass is 14.7. The van der Waals surface area contributed by atoms with E-state index in [9.17, 15) is 0 Å². The molecule has 0 fully saturated rings. The Balaban J connectivity index is 2.43.